The van der Waals surface area contributed by atoms with Gasteiger partial charge in [0.1, 0.15) is 0 Å². The summed E-state index contributed by atoms with van der Waals surface area (Å²) >= 11 is 4.39. The standard InChI is InChI=1S/C12H23NOS/c1-4-13(8-10-6-5-7-10)12(14)11(15)9(2)3/h9-11,15H,4-8H2,1-3H3. The van der Waals surface area contributed by atoms with Crippen molar-refractivity contribution in [2.24, 2.45) is 11.8 Å². The normalized spacial score (nSPS) is 18.7. The molecule has 1 amide bonds. The zero-order chi connectivity index (χ0) is 11.4. The quantitative estimate of drug-likeness (QED) is 0.719. The van der Waals surface area contributed by atoms with Gasteiger partial charge in [-0.1, -0.05) is 20.3 Å². The smallest absolute Gasteiger partial charge is 0.235 e. The van der Waals surface area contributed by atoms with Crippen LogP contribution in [0, 0.1) is 11.8 Å². The molecule has 88 valence electrons. The Morgan fingerprint density at radius 1 is 1.47 bits per heavy atom. The van der Waals surface area contributed by atoms with Crippen molar-refractivity contribution in [2.45, 2.75) is 45.3 Å². The van der Waals surface area contributed by atoms with Gasteiger partial charge in [-0.15, -0.1) is 0 Å². The Hall–Kier alpha value is -0.180. The van der Waals surface area contributed by atoms with Gasteiger partial charge in [0, 0.05) is 13.1 Å². The van der Waals surface area contributed by atoms with E-state index in [0.29, 0.717) is 5.92 Å². The Morgan fingerprint density at radius 2 is 2.07 bits per heavy atom. The predicted molar refractivity (Wildman–Crippen MR) is 67.2 cm³/mol. The van der Waals surface area contributed by atoms with Crippen LogP contribution in [0.3, 0.4) is 0 Å². The number of hydrogen-bond acceptors (Lipinski definition) is 2. The largest absolute Gasteiger partial charge is 0.342 e. The highest BCUT2D eigenvalue weighted by molar-refractivity contribution is 7.81. The Morgan fingerprint density at radius 3 is 2.40 bits per heavy atom. The lowest BCUT2D eigenvalue weighted by molar-refractivity contribution is -0.132. The van der Waals surface area contributed by atoms with Crippen LogP contribution >= 0.6 is 12.6 Å². The average molecular weight is 229 g/mol. The van der Waals surface area contributed by atoms with Gasteiger partial charge in [0.15, 0.2) is 0 Å². The maximum Gasteiger partial charge on any atom is 0.235 e. The fourth-order valence-corrected chi connectivity index (χ4v) is 2.00. The molecular weight excluding hydrogens is 206 g/mol. The first-order chi connectivity index (χ1) is 7.06. The summed E-state index contributed by atoms with van der Waals surface area (Å²) in [5.41, 5.74) is 0. The highest BCUT2D eigenvalue weighted by Crippen LogP contribution is 2.27. The van der Waals surface area contributed by atoms with Crippen LogP contribution in [0.25, 0.3) is 0 Å². The number of carbonyl (C=O) groups excluding carboxylic acids is 1. The summed E-state index contributed by atoms with van der Waals surface area (Å²) in [5, 5.41) is -0.134. The van der Waals surface area contributed by atoms with Crippen LogP contribution in [0.15, 0.2) is 0 Å². The van der Waals surface area contributed by atoms with Crippen LogP contribution in [0.2, 0.25) is 0 Å². The molecule has 0 spiro atoms. The summed E-state index contributed by atoms with van der Waals surface area (Å²) in [6, 6.07) is 0. The lowest BCUT2D eigenvalue weighted by atomic mass is 9.85. The zero-order valence-electron chi connectivity index (χ0n) is 10.1. The number of thiol groups is 1. The molecule has 0 saturated heterocycles. The van der Waals surface area contributed by atoms with E-state index < -0.39 is 0 Å². The van der Waals surface area contributed by atoms with E-state index in [0.717, 1.165) is 19.0 Å². The fourth-order valence-electron chi connectivity index (χ4n) is 1.83. The highest BCUT2D eigenvalue weighted by atomic mass is 32.1. The van der Waals surface area contributed by atoms with Gasteiger partial charge in [0.25, 0.3) is 0 Å². The third-order valence-electron chi connectivity index (χ3n) is 3.28. The molecule has 3 heteroatoms. The number of amides is 1. The second-order valence-electron chi connectivity index (χ2n) is 4.86. The zero-order valence-corrected chi connectivity index (χ0v) is 11.0. The molecule has 15 heavy (non-hydrogen) atoms. The van der Waals surface area contributed by atoms with Crippen molar-refractivity contribution < 1.29 is 4.79 Å². The molecule has 1 unspecified atom stereocenters. The van der Waals surface area contributed by atoms with E-state index in [-0.39, 0.29) is 11.2 Å². The van der Waals surface area contributed by atoms with E-state index in [1.165, 1.54) is 19.3 Å². The Bertz CT molecular complexity index is 214. The van der Waals surface area contributed by atoms with Gasteiger partial charge in [-0.3, -0.25) is 4.79 Å². The predicted octanol–water partition coefficient (Wildman–Crippen LogP) is 2.59. The van der Waals surface area contributed by atoms with Gasteiger partial charge in [-0.25, -0.2) is 0 Å². The third-order valence-corrected chi connectivity index (χ3v) is 4.10. The number of rotatable bonds is 5. The number of carbonyl (C=O) groups is 1. The molecule has 1 aliphatic rings. The van der Waals surface area contributed by atoms with Crippen molar-refractivity contribution in [1.82, 2.24) is 4.90 Å². The first-order valence-corrected chi connectivity index (χ1v) is 6.54. The van der Waals surface area contributed by atoms with E-state index in [1.54, 1.807) is 0 Å². The van der Waals surface area contributed by atoms with Crippen molar-refractivity contribution in [3.8, 4) is 0 Å². The topological polar surface area (TPSA) is 20.3 Å². The van der Waals surface area contributed by atoms with Gasteiger partial charge in [0.05, 0.1) is 5.25 Å². The Labute approximate surface area is 98.8 Å². The molecule has 1 aliphatic carbocycles. The molecule has 1 saturated carbocycles. The van der Waals surface area contributed by atoms with Gasteiger partial charge in [-0.05, 0) is 31.6 Å². The third kappa shape index (κ3) is 3.40. The second-order valence-corrected chi connectivity index (χ2v) is 5.42. The molecule has 0 radical (unpaired) electrons. The second kappa shape index (κ2) is 5.78. The van der Waals surface area contributed by atoms with Crippen LogP contribution in [0.1, 0.15) is 40.0 Å². The van der Waals surface area contributed by atoms with Crippen LogP contribution < -0.4 is 0 Å². The molecule has 0 aromatic rings. The van der Waals surface area contributed by atoms with Crippen molar-refractivity contribution in [3.05, 3.63) is 0 Å². The lowest BCUT2D eigenvalue weighted by Crippen LogP contribution is -2.42. The lowest BCUT2D eigenvalue weighted by Gasteiger charge is -2.33. The van der Waals surface area contributed by atoms with E-state index in [9.17, 15) is 4.79 Å². The molecule has 1 fully saturated rings. The summed E-state index contributed by atoms with van der Waals surface area (Å²) in [6.45, 7) is 7.91. The Kier molecular flexibility index (Phi) is 4.97. The molecule has 0 heterocycles. The van der Waals surface area contributed by atoms with E-state index in [1.807, 2.05) is 18.7 Å². The molecule has 2 nitrogen and oxygen atoms in total. The minimum Gasteiger partial charge on any atom is -0.342 e. The molecule has 0 aromatic carbocycles. The van der Waals surface area contributed by atoms with Crippen molar-refractivity contribution in [3.63, 3.8) is 0 Å². The van der Waals surface area contributed by atoms with Crippen LogP contribution in [-0.4, -0.2) is 29.1 Å². The number of nitrogens with zero attached hydrogens (tertiary/aromatic N) is 1. The van der Waals surface area contributed by atoms with E-state index in [4.69, 9.17) is 0 Å². The minimum absolute atomic E-state index is 0.134. The average Bonchev–Trinajstić information content (AvgIpc) is 2.14. The van der Waals surface area contributed by atoms with E-state index >= 15 is 0 Å². The summed E-state index contributed by atoms with van der Waals surface area (Å²) in [4.78, 5) is 14.0. The first-order valence-electron chi connectivity index (χ1n) is 6.03. The van der Waals surface area contributed by atoms with Gasteiger partial charge < -0.3 is 4.90 Å². The van der Waals surface area contributed by atoms with Crippen molar-refractivity contribution in [1.29, 1.82) is 0 Å². The molecule has 0 aliphatic heterocycles. The highest BCUT2D eigenvalue weighted by Gasteiger charge is 2.27. The van der Waals surface area contributed by atoms with Gasteiger partial charge in [0.2, 0.25) is 5.91 Å². The van der Waals surface area contributed by atoms with E-state index in [2.05, 4.69) is 19.6 Å². The number of hydrogen-bond donors (Lipinski definition) is 1. The monoisotopic (exact) mass is 229 g/mol. The summed E-state index contributed by atoms with van der Waals surface area (Å²) in [6.07, 6.45) is 3.93. The molecule has 0 bridgehead atoms. The van der Waals surface area contributed by atoms with Crippen LogP contribution in [0.5, 0.6) is 0 Å². The summed E-state index contributed by atoms with van der Waals surface area (Å²) < 4.78 is 0. The maximum atomic E-state index is 12.0. The minimum atomic E-state index is -0.134. The molecule has 1 atom stereocenters. The van der Waals surface area contributed by atoms with Crippen LogP contribution in [-0.2, 0) is 4.79 Å². The van der Waals surface area contributed by atoms with Crippen LogP contribution in [0.4, 0.5) is 0 Å². The van der Waals surface area contributed by atoms with Gasteiger partial charge in [-0.2, -0.15) is 12.6 Å². The molecule has 0 N–H and O–H groups in total. The van der Waals surface area contributed by atoms with Crippen molar-refractivity contribution in [2.75, 3.05) is 13.1 Å². The first kappa shape index (κ1) is 12.9. The van der Waals surface area contributed by atoms with Gasteiger partial charge >= 0.3 is 0 Å². The molecule has 1 rings (SSSR count). The molecule has 0 aromatic heterocycles. The Balaban J connectivity index is 2.45. The van der Waals surface area contributed by atoms with Crippen molar-refractivity contribution >= 4 is 18.5 Å². The summed E-state index contributed by atoms with van der Waals surface area (Å²) in [7, 11) is 0. The fraction of sp³-hybridized carbons (Fsp3) is 0.917. The SMILES string of the molecule is CCN(CC1CCC1)C(=O)C(S)C(C)C. The molecular formula is C12H23NOS. The maximum absolute atomic E-state index is 12.0. The summed E-state index contributed by atoms with van der Waals surface area (Å²) in [5.74, 6) is 1.28.